The van der Waals surface area contributed by atoms with E-state index in [9.17, 15) is 0 Å². The highest BCUT2D eigenvalue weighted by molar-refractivity contribution is 5.09. The molecule has 0 nitrogen and oxygen atoms in total. The van der Waals surface area contributed by atoms with Crippen molar-refractivity contribution in [1.29, 1.82) is 0 Å². The van der Waals surface area contributed by atoms with Crippen LogP contribution in [0.2, 0.25) is 0 Å². The van der Waals surface area contributed by atoms with Gasteiger partial charge in [0, 0.05) is 0 Å². The van der Waals surface area contributed by atoms with E-state index in [1.807, 2.05) is 0 Å². The molecule has 0 atom stereocenters. The first-order valence-corrected chi connectivity index (χ1v) is 11.3. The average Bonchev–Trinajstić information content (AvgIpc) is 3.30. The van der Waals surface area contributed by atoms with Crippen LogP contribution in [0.4, 0.5) is 0 Å². The maximum Gasteiger partial charge on any atom is -0.0260 e. The fraction of sp³-hybridized carbons (Fsp3) is 0.862. The maximum atomic E-state index is 2.42. The molecule has 0 saturated heterocycles. The van der Waals surface area contributed by atoms with Crippen molar-refractivity contribution in [3.63, 3.8) is 0 Å². The quantitative estimate of drug-likeness (QED) is 0.406. The van der Waals surface area contributed by atoms with E-state index >= 15 is 0 Å². The summed E-state index contributed by atoms with van der Waals surface area (Å²) in [6.45, 7) is 13.8. The van der Waals surface area contributed by atoms with E-state index in [1.165, 1.54) is 70.6 Å². The highest BCUT2D eigenvalue weighted by Crippen LogP contribution is 2.30. The van der Waals surface area contributed by atoms with Crippen molar-refractivity contribution in [2.24, 2.45) is 23.7 Å². The summed E-state index contributed by atoms with van der Waals surface area (Å²) in [5.74, 6) is 3.61. The molecule has 0 spiro atoms. The topological polar surface area (TPSA) is 0 Å². The fourth-order valence-electron chi connectivity index (χ4n) is 4.23. The lowest BCUT2D eigenvalue weighted by Crippen LogP contribution is -2.01. The second kappa shape index (κ2) is 20.7. The zero-order chi connectivity index (χ0) is 18.7. The molecule has 0 amide bonds. The van der Waals surface area contributed by atoms with Crippen molar-refractivity contribution in [3.8, 4) is 0 Å². The van der Waals surface area contributed by atoms with Gasteiger partial charge < -0.3 is 0 Å². The minimum absolute atomic E-state index is 0. The Morgan fingerprint density at radius 2 is 1.00 bits per heavy atom. The lowest BCUT2D eigenvalue weighted by atomic mass is 9.92. The third kappa shape index (κ3) is 15.9. The Morgan fingerprint density at radius 1 is 0.586 bits per heavy atom. The van der Waals surface area contributed by atoms with Crippen molar-refractivity contribution in [2.75, 3.05) is 0 Å². The van der Waals surface area contributed by atoms with E-state index < -0.39 is 0 Å². The first-order chi connectivity index (χ1) is 11.9. The number of rotatable bonds is 3. The van der Waals surface area contributed by atoms with E-state index in [2.05, 4.69) is 53.7 Å². The van der Waals surface area contributed by atoms with Gasteiger partial charge in [0.15, 0.2) is 0 Å². The van der Waals surface area contributed by atoms with Gasteiger partial charge in [0.05, 0.1) is 0 Å². The van der Waals surface area contributed by atoms with Crippen molar-refractivity contribution in [1.82, 2.24) is 0 Å². The van der Waals surface area contributed by atoms with Crippen molar-refractivity contribution in [3.05, 3.63) is 23.3 Å². The molecule has 3 rings (SSSR count). The Balaban J connectivity index is -0.000000151. The van der Waals surface area contributed by atoms with Crippen molar-refractivity contribution >= 4 is 0 Å². The van der Waals surface area contributed by atoms with E-state index in [-0.39, 0.29) is 29.7 Å². The molecular formula is C29H62. The molecule has 0 aromatic rings. The van der Waals surface area contributed by atoms with Gasteiger partial charge in [-0.2, -0.15) is 0 Å². The summed E-state index contributed by atoms with van der Waals surface area (Å²) < 4.78 is 0. The van der Waals surface area contributed by atoms with Gasteiger partial charge in [0.1, 0.15) is 0 Å². The van der Waals surface area contributed by atoms with E-state index in [1.54, 1.807) is 11.1 Å². The average molecular weight is 411 g/mol. The van der Waals surface area contributed by atoms with E-state index in [4.69, 9.17) is 0 Å². The van der Waals surface area contributed by atoms with Crippen LogP contribution in [0.1, 0.15) is 142 Å². The van der Waals surface area contributed by atoms with Crippen LogP contribution in [0.15, 0.2) is 23.3 Å². The van der Waals surface area contributed by atoms with Crippen LogP contribution in [0, 0.1) is 23.7 Å². The van der Waals surface area contributed by atoms with Crippen LogP contribution in [0.5, 0.6) is 0 Å². The molecule has 1 fully saturated rings. The second-order valence-corrected chi connectivity index (χ2v) is 9.29. The van der Waals surface area contributed by atoms with Gasteiger partial charge in [-0.3, -0.25) is 0 Å². The molecule has 0 heteroatoms. The predicted molar refractivity (Wildman–Crippen MR) is 142 cm³/mol. The molecule has 0 N–H and O–H groups in total. The zero-order valence-corrected chi connectivity index (χ0v) is 18.2. The SMILES string of the molecule is C.C.C.C.CC(C)C1=CCCC1.CC(C)C1=CCCCC1.CC(C)C1CCCC1. The molecule has 0 heterocycles. The predicted octanol–water partition coefficient (Wildman–Crippen LogP) is 11.3. The Hall–Kier alpha value is -0.520. The summed E-state index contributed by atoms with van der Waals surface area (Å²) in [7, 11) is 0. The Bertz CT molecular complexity index is 388. The number of allylic oxidation sites excluding steroid dienone is 4. The minimum Gasteiger partial charge on any atom is -0.0851 e. The summed E-state index contributed by atoms with van der Waals surface area (Å²) in [6.07, 6.45) is 20.4. The molecule has 178 valence electrons. The maximum absolute atomic E-state index is 2.42. The molecule has 0 aromatic carbocycles. The third-order valence-electron chi connectivity index (χ3n) is 6.23. The molecule has 3 aliphatic rings. The Kier molecular flexibility index (Phi) is 25.7. The standard InChI is InChI=1S/C9H16.C8H16.C8H14.4CH4/c1-8(2)9-6-4-3-5-7-9;2*1-7(2)8-5-3-4-6-8;;;;/h6,8H,3-5,7H2,1-2H3;7-8H,3-6H2,1-2H3;5,7H,3-4,6H2,1-2H3;4*1H4. The molecule has 1 saturated carbocycles. The molecule has 0 bridgehead atoms. The summed E-state index contributed by atoms with van der Waals surface area (Å²) >= 11 is 0. The van der Waals surface area contributed by atoms with Crippen LogP contribution < -0.4 is 0 Å². The van der Waals surface area contributed by atoms with Crippen LogP contribution in [-0.4, -0.2) is 0 Å². The molecule has 29 heavy (non-hydrogen) atoms. The highest BCUT2D eigenvalue weighted by atomic mass is 14.2. The van der Waals surface area contributed by atoms with Gasteiger partial charge in [0.25, 0.3) is 0 Å². The summed E-state index contributed by atoms with van der Waals surface area (Å²) in [5.41, 5.74) is 3.35. The first kappa shape index (κ1) is 35.9. The van der Waals surface area contributed by atoms with Crippen LogP contribution in [-0.2, 0) is 0 Å². The number of hydrogen-bond donors (Lipinski definition) is 0. The van der Waals surface area contributed by atoms with E-state index in [0.717, 1.165) is 23.7 Å². The lowest BCUT2D eigenvalue weighted by Gasteiger charge is -2.15. The largest absolute Gasteiger partial charge is 0.0851 e. The normalized spacial score (nSPS) is 18.0. The molecule has 0 aromatic heterocycles. The Morgan fingerprint density at radius 3 is 1.24 bits per heavy atom. The Labute approximate surface area is 189 Å². The first-order valence-electron chi connectivity index (χ1n) is 11.3. The van der Waals surface area contributed by atoms with Crippen LogP contribution >= 0.6 is 0 Å². The zero-order valence-electron chi connectivity index (χ0n) is 18.2. The van der Waals surface area contributed by atoms with Gasteiger partial charge >= 0.3 is 0 Å². The van der Waals surface area contributed by atoms with E-state index in [0.29, 0.717) is 0 Å². The number of hydrogen-bond acceptors (Lipinski definition) is 0. The molecule has 3 aliphatic carbocycles. The molecule has 0 aliphatic heterocycles. The van der Waals surface area contributed by atoms with Crippen molar-refractivity contribution < 1.29 is 0 Å². The monoisotopic (exact) mass is 410 g/mol. The third-order valence-corrected chi connectivity index (χ3v) is 6.23. The van der Waals surface area contributed by atoms with Gasteiger partial charge in [-0.15, -0.1) is 0 Å². The minimum atomic E-state index is 0. The molecule has 0 radical (unpaired) electrons. The lowest BCUT2D eigenvalue weighted by molar-refractivity contribution is 0.396. The van der Waals surface area contributed by atoms with Crippen LogP contribution in [0.25, 0.3) is 0 Å². The second-order valence-electron chi connectivity index (χ2n) is 9.29. The molecule has 0 unspecified atom stereocenters. The van der Waals surface area contributed by atoms with Gasteiger partial charge in [-0.05, 0) is 68.6 Å². The smallest absolute Gasteiger partial charge is 0.0260 e. The van der Waals surface area contributed by atoms with Gasteiger partial charge in [-0.1, -0.05) is 120 Å². The summed E-state index contributed by atoms with van der Waals surface area (Å²) in [5, 5.41) is 0. The molecular weight excluding hydrogens is 348 g/mol. The fourth-order valence-corrected chi connectivity index (χ4v) is 4.23. The summed E-state index contributed by atoms with van der Waals surface area (Å²) in [4.78, 5) is 0. The highest BCUT2D eigenvalue weighted by Gasteiger charge is 2.17. The van der Waals surface area contributed by atoms with Gasteiger partial charge in [0.2, 0.25) is 0 Å². The summed E-state index contributed by atoms with van der Waals surface area (Å²) in [6, 6.07) is 0. The van der Waals surface area contributed by atoms with Gasteiger partial charge in [-0.25, -0.2) is 0 Å². The van der Waals surface area contributed by atoms with Crippen molar-refractivity contribution in [2.45, 2.75) is 142 Å². The van der Waals surface area contributed by atoms with Crippen LogP contribution in [0.3, 0.4) is 0 Å².